The van der Waals surface area contributed by atoms with Crippen LogP contribution in [-0.2, 0) is 0 Å². The van der Waals surface area contributed by atoms with Crippen LogP contribution in [0.15, 0.2) is 53.0 Å². The van der Waals surface area contributed by atoms with Crippen LogP contribution in [0, 0.1) is 11.3 Å². The van der Waals surface area contributed by atoms with Crippen LogP contribution >= 0.6 is 15.9 Å². The Morgan fingerprint density at radius 1 is 1.26 bits per heavy atom. The molecule has 0 aliphatic heterocycles. The molecule has 0 aliphatic carbocycles. The van der Waals surface area contributed by atoms with Gasteiger partial charge < -0.3 is 15.7 Å². The Balaban J connectivity index is 1.96. The molecule has 0 aliphatic rings. The van der Waals surface area contributed by atoms with Crippen LogP contribution in [0.5, 0.6) is 0 Å². The molecule has 0 spiro atoms. The molecule has 5 nitrogen and oxygen atoms in total. The second-order valence-corrected chi connectivity index (χ2v) is 5.99. The van der Waals surface area contributed by atoms with Gasteiger partial charge in [-0.25, -0.2) is 4.79 Å². The third kappa shape index (κ3) is 4.81. The molecule has 2 rings (SSSR count). The van der Waals surface area contributed by atoms with Crippen LogP contribution in [0.25, 0.3) is 0 Å². The molecule has 6 heteroatoms. The van der Waals surface area contributed by atoms with Crippen LogP contribution in [0.3, 0.4) is 0 Å². The number of urea groups is 1. The maximum Gasteiger partial charge on any atom is 0.319 e. The van der Waals surface area contributed by atoms with E-state index in [-0.39, 0.29) is 0 Å². The van der Waals surface area contributed by atoms with E-state index in [9.17, 15) is 9.90 Å². The lowest BCUT2D eigenvalue weighted by Gasteiger charge is -2.21. The van der Waals surface area contributed by atoms with E-state index in [1.807, 2.05) is 18.2 Å². The molecule has 118 valence electrons. The molecule has 0 aromatic heterocycles. The minimum atomic E-state index is -0.820. The maximum absolute atomic E-state index is 12.0. The highest BCUT2D eigenvalue weighted by Gasteiger charge is 2.18. The summed E-state index contributed by atoms with van der Waals surface area (Å²) < 4.78 is 0.921. The fourth-order valence-corrected chi connectivity index (χ4v) is 2.33. The van der Waals surface area contributed by atoms with E-state index in [0.717, 1.165) is 4.47 Å². The van der Waals surface area contributed by atoms with Crippen molar-refractivity contribution in [2.75, 3.05) is 5.32 Å². The number of nitriles is 1. The summed E-state index contributed by atoms with van der Waals surface area (Å²) in [4.78, 5) is 12.0. The van der Waals surface area contributed by atoms with Gasteiger partial charge in [-0.3, -0.25) is 0 Å². The minimum Gasteiger partial charge on any atom is -0.386 e. The van der Waals surface area contributed by atoms with Crippen molar-refractivity contribution in [2.45, 2.75) is 19.1 Å². The van der Waals surface area contributed by atoms with E-state index in [0.29, 0.717) is 16.8 Å². The molecule has 0 heterocycles. The van der Waals surface area contributed by atoms with Gasteiger partial charge in [0.25, 0.3) is 0 Å². The summed E-state index contributed by atoms with van der Waals surface area (Å²) in [6.45, 7) is 1.72. The summed E-state index contributed by atoms with van der Waals surface area (Å²) in [6, 6.07) is 15.0. The van der Waals surface area contributed by atoms with Gasteiger partial charge in [0.2, 0.25) is 0 Å². The lowest BCUT2D eigenvalue weighted by Crippen LogP contribution is -2.39. The normalized spacial score (nSPS) is 12.8. The highest BCUT2D eigenvalue weighted by molar-refractivity contribution is 9.10. The number of amides is 2. The van der Waals surface area contributed by atoms with E-state index in [1.165, 1.54) is 0 Å². The maximum atomic E-state index is 12.0. The van der Waals surface area contributed by atoms with Gasteiger partial charge in [-0.15, -0.1) is 0 Å². The molecule has 2 atom stereocenters. The van der Waals surface area contributed by atoms with Crippen molar-refractivity contribution < 1.29 is 9.90 Å². The largest absolute Gasteiger partial charge is 0.386 e. The van der Waals surface area contributed by atoms with E-state index < -0.39 is 18.2 Å². The number of anilines is 1. The third-order valence-corrected chi connectivity index (χ3v) is 3.82. The molecule has 0 saturated carbocycles. The quantitative estimate of drug-likeness (QED) is 0.765. The summed E-state index contributed by atoms with van der Waals surface area (Å²) >= 11 is 3.34. The van der Waals surface area contributed by atoms with Crippen molar-refractivity contribution in [1.82, 2.24) is 5.32 Å². The number of aliphatic hydroxyl groups excluding tert-OH is 1. The molecule has 0 bridgehead atoms. The van der Waals surface area contributed by atoms with Crippen molar-refractivity contribution in [2.24, 2.45) is 0 Å². The Morgan fingerprint density at radius 2 is 1.96 bits per heavy atom. The Labute approximate surface area is 143 Å². The number of hydrogen-bond acceptors (Lipinski definition) is 3. The molecule has 2 aromatic rings. The zero-order chi connectivity index (χ0) is 16.8. The number of rotatable bonds is 4. The van der Waals surface area contributed by atoms with Crippen LogP contribution in [0.4, 0.5) is 10.5 Å². The first-order valence-electron chi connectivity index (χ1n) is 7.01. The number of aliphatic hydroxyl groups is 1. The number of benzene rings is 2. The zero-order valence-electron chi connectivity index (χ0n) is 12.5. The topological polar surface area (TPSA) is 85.2 Å². The number of halogens is 1. The van der Waals surface area contributed by atoms with Gasteiger partial charge in [0.15, 0.2) is 0 Å². The first kappa shape index (κ1) is 17.0. The third-order valence-electron chi connectivity index (χ3n) is 3.29. The minimum absolute atomic E-state index is 0.441. The zero-order valence-corrected chi connectivity index (χ0v) is 14.0. The molecule has 23 heavy (non-hydrogen) atoms. The molecular weight excluding hydrogens is 358 g/mol. The van der Waals surface area contributed by atoms with Crippen molar-refractivity contribution in [3.05, 3.63) is 64.1 Å². The number of nitrogens with one attached hydrogen (secondary N) is 2. The van der Waals surface area contributed by atoms with Crippen LogP contribution in [-0.4, -0.2) is 17.2 Å². The first-order chi connectivity index (χ1) is 11.0. The van der Waals surface area contributed by atoms with Crippen molar-refractivity contribution >= 4 is 27.6 Å². The summed E-state index contributed by atoms with van der Waals surface area (Å²) in [7, 11) is 0. The first-order valence-corrected chi connectivity index (χ1v) is 7.80. The number of carbonyl (C=O) groups is 1. The standard InChI is InChI=1S/C17H16BrN3O2/c1-11(16(22)13-5-7-14(18)8-6-13)20-17(23)21-15-4-2-3-12(9-15)10-19/h2-9,11,16,22H,1H3,(H2,20,21,23). The molecule has 2 amide bonds. The molecule has 2 unspecified atom stereocenters. The lowest BCUT2D eigenvalue weighted by molar-refractivity contribution is 0.139. The van der Waals surface area contributed by atoms with Gasteiger partial charge in [0.05, 0.1) is 23.8 Å². The Hall–Kier alpha value is -2.36. The Bertz CT molecular complexity index is 725. The predicted octanol–water partition coefficient (Wildman–Crippen LogP) is 3.56. The SMILES string of the molecule is CC(NC(=O)Nc1cccc(C#N)c1)C(O)c1ccc(Br)cc1. The molecule has 0 fully saturated rings. The second kappa shape index (κ2) is 7.77. The Morgan fingerprint density at radius 3 is 2.61 bits per heavy atom. The fourth-order valence-electron chi connectivity index (χ4n) is 2.07. The van der Waals surface area contributed by atoms with Crippen molar-refractivity contribution in [3.63, 3.8) is 0 Å². The predicted molar refractivity (Wildman–Crippen MR) is 91.9 cm³/mol. The van der Waals surface area contributed by atoms with Crippen LogP contribution in [0.2, 0.25) is 0 Å². The van der Waals surface area contributed by atoms with Gasteiger partial charge >= 0.3 is 6.03 Å². The summed E-state index contributed by atoms with van der Waals surface area (Å²) in [6.07, 6.45) is -0.820. The lowest BCUT2D eigenvalue weighted by atomic mass is 10.0. The number of nitrogens with zero attached hydrogens (tertiary/aromatic N) is 1. The van der Waals surface area contributed by atoms with Gasteiger partial charge in [0, 0.05) is 10.2 Å². The van der Waals surface area contributed by atoms with Gasteiger partial charge in [-0.1, -0.05) is 34.1 Å². The van der Waals surface area contributed by atoms with E-state index in [1.54, 1.807) is 43.3 Å². The van der Waals surface area contributed by atoms with E-state index in [2.05, 4.69) is 26.6 Å². The highest BCUT2D eigenvalue weighted by atomic mass is 79.9. The smallest absolute Gasteiger partial charge is 0.319 e. The van der Waals surface area contributed by atoms with Crippen molar-refractivity contribution in [1.29, 1.82) is 5.26 Å². The highest BCUT2D eigenvalue weighted by Crippen LogP contribution is 2.19. The average molecular weight is 374 g/mol. The molecule has 0 radical (unpaired) electrons. The molecule has 0 saturated heterocycles. The average Bonchev–Trinajstić information content (AvgIpc) is 2.54. The monoisotopic (exact) mass is 373 g/mol. The summed E-state index contributed by atoms with van der Waals surface area (Å²) in [5.41, 5.74) is 1.70. The second-order valence-electron chi connectivity index (χ2n) is 5.08. The van der Waals surface area contributed by atoms with Crippen LogP contribution in [0.1, 0.15) is 24.2 Å². The number of hydrogen-bond donors (Lipinski definition) is 3. The van der Waals surface area contributed by atoms with E-state index >= 15 is 0 Å². The van der Waals surface area contributed by atoms with Gasteiger partial charge in [-0.2, -0.15) is 5.26 Å². The van der Waals surface area contributed by atoms with Crippen molar-refractivity contribution in [3.8, 4) is 6.07 Å². The fraction of sp³-hybridized carbons (Fsp3) is 0.176. The Kier molecular flexibility index (Phi) is 5.74. The molecular formula is C17H16BrN3O2. The molecule has 2 aromatic carbocycles. The number of carbonyl (C=O) groups excluding carboxylic acids is 1. The van der Waals surface area contributed by atoms with Gasteiger partial charge in [-0.05, 0) is 42.8 Å². The summed E-state index contributed by atoms with van der Waals surface area (Å²) in [5.74, 6) is 0. The molecule has 3 N–H and O–H groups in total. The van der Waals surface area contributed by atoms with Crippen LogP contribution < -0.4 is 10.6 Å². The summed E-state index contributed by atoms with van der Waals surface area (Å²) in [5, 5.41) is 24.4. The van der Waals surface area contributed by atoms with Gasteiger partial charge in [0.1, 0.15) is 0 Å². The van der Waals surface area contributed by atoms with E-state index in [4.69, 9.17) is 5.26 Å².